The number of hydrogen-bond donors (Lipinski definition) is 0. The van der Waals surface area contributed by atoms with Crippen molar-refractivity contribution in [1.82, 2.24) is 9.55 Å². The van der Waals surface area contributed by atoms with Gasteiger partial charge >= 0.3 is 0 Å². The molecule has 0 amide bonds. The van der Waals surface area contributed by atoms with E-state index in [0.717, 1.165) is 35.1 Å². The van der Waals surface area contributed by atoms with Crippen LogP contribution in [0, 0.1) is 6.92 Å². The van der Waals surface area contributed by atoms with E-state index < -0.39 is 0 Å². The predicted molar refractivity (Wildman–Crippen MR) is 97.4 cm³/mol. The number of hydrogen-bond acceptors (Lipinski definition) is 3. The smallest absolute Gasteiger partial charge is 0.169 e. The fourth-order valence-electron chi connectivity index (χ4n) is 2.60. The second-order valence-electron chi connectivity index (χ2n) is 5.55. The van der Waals surface area contributed by atoms with Gasteiger partial charge in [-0.25, -0.2) is 4.98 Å². The number of aromatic nitrogens is 2. The summed E-state index contributed by atoms with van der Waals surface area (Å²) in [6, 6.07) is 16.5. The summed E-state index contributed by atoms with van der Waals surface area (Å²) in [6.45, 7) is 5.96. The molecule has 0 unspecified atom stereocenters. The first-order chi connectivity index (χ1) is 11.3. The van der Waals surface area contributed by atoms with Crippen LogP contribution < -0.4 is 4.74 Å². The summed E-state index contributed by atoms with van der Waals surface area (Å²) in [7, 11) is 0. The lowest BCUT2D eigenvalue weighted by Crippen LogP contribution is -2.03. The summed E-state index contributed by atoms with van der Waals surface area (Å²) >= 11 is 1.76. The zero-order valence-corrected chi connectivity index (χ0v) is 14.5. The standard InChI is InChI=1S/C19H22N2OS/c1-3-11-21-18-10-5-4-9-17(18)20-19(21)23-13-12-22-16-8-6-7-15(2)14-16/h4-10,14H,3,11-13H2,1-2H3. The SMILES string of the molecule is CCCn1c(SCCOc2cccc(C)c2)nc2ccccc21. The lowest BCUT2D eigenvalue weighted by molar-refractivity contribution is 0.343. The first kappa shape index (κ1) is 15.9. The Morgan fingerprint density at radius 2 is 2.00 bits per heavy atom. The Labute approximate surface area is 141 Å². The van der Waals surface area contributed by atoms with Gasteiger partial charge in [0.1, 0.15) is 5.75 Å². The molecule has 0 bridgehead atoms. The predicted octanol–water partition coefficient (Wildman–Crippen LogP) is 4.93. The number of benzene rings is 2. The number of aryl methyl sites for hydroxylation is 2. The number of thioether (sulfide) groups is 1. The van der Waals surface area contributed by atoms with Crippen LogP contribution in [0.25, 0.3) is 11.0 Å². The van der Waals surface area contributed by atoms with Crippen LogP contribution in [0.2, 0.25) is 0 Å². The summed E-state index contributed by atoms with van der Waals surface area (Å²) in [6.07, 6.45) is 1.10. The molecule has 0 aliphatic rings. The van der Waals surface area contributed by atoms with Crippen molar-refractivity contribution in [3.63, 3.8) is 0 Å². The highest BCUT2D eigenvalue weighted by Gasteiger charge is 2.10. The average molecular weight is 326 g/mol. The van der Waals surface area contributed by atoms with Crippen molar-refractivity contribution in [2.24, 2.45) is 0 Å². The molecule has 0 saturated heterocycles. The molecule has 1 heterocycles. The maximum absolute atomic E-state index is 5.82. The number of para-hydroxylation sites is 2. The minimum atomic E-state index is 0.684. The maximum atomic E-state index is 5.82. The number of imidazole rings is 1. The quantitative estimate of drug-likeness (QED) is 0.455. The highest BCUT2D eigenvalue weighted by Crippen LogP contribution is 2.24. The van der Waals surface area contributed by atoms with Crippen LogP contribution in [-0.2, 0) is 6.54 Å². The van der Waals surface area contributed by atoms with Crippen molar-refractivity contribution >= 4 is 22.8 Å². The van der Waals surface area contributed by atoms with E-state index in [0.29, 0.717) is 6.61 Å². The molecule has 0 aliphatic heterocycles. The second kappa shape index (κ2) is 7.55. The van der Waals surface area contributed by atoms with E-state index in [2.05, 4.69) is 48.7 Å². The molecule has 4 heteroatoms. The Morgan fingerprint density at radius 3 is 2.83 bits per heavy atom. The highest BCUT2D eigenvalue weighted by molar-refractivity contribution is 7.99. The summed E-state index contributed by atoms with van der Waals surface area (Å²) in [5, 5.41) is 1.08. The Balaban J connectivity index is 1.63. The summed E-state index contributed by atoms with van der Waals surface area (Å²) < 4.78 is 8.14. The van der Waals surface area contributed by atoms with E-state index in [1.54, 1.807) is 11.8 Å². The largest absolute Gasteiger partial charge is 0.493 e. The first-order valence-electron chi connectivity index (χ1n) is 8.05. The average Bonchev–Trinajstić information content (AvgIpc) is 2.90. The van der Waals surface area contributed by atoms with Crippen LogP contribution in [0.5, 0.6) is 5.75 Å². The topological polar surface area (TPSA) is 27.1 Å². The van der Waals surface area contributed by atoms with Crippen molar-refractivity contribution in [3.05, 3.63) is 54.1 Å². The van der Waals surface area contributed by atoms with Gasteiger partial charge in [0.05, 0.1) is 17.6 Å². The molecule has 0 fully saturated rings. The van der Waals surface area contributed by atoms with Crippen LogP contribution in [0.1, 0.15) is 18.9 Å². The zero-order valence-electron chi connectivity index (χ0n) is 13.7. The lowest BCUT2D eigenvalue weighted by atomic mass is 10.2. The van der Waals surface area contributed by atoms with E-state index in [9.17, 15) is 0 Å². The molecule has 0 saturated carbocycles. The first-order valence-corrected chi connectivity index (χ1v) is 9.04. The van der Waals surface area contributed by atoms with Gasteiger partial charge in [0, 0.05) is 12.3 Å². The van der Waals surface area contributed by atoms with E-state index in [1.165, 1.54) is 11.1 Å². The monoisotopic (exact) mass is 326 g/mol. The van der Waals surface area contributed by atoms with Crippen LogP contribution in [0.4, 0.5) is 0 Å². The van der Waals surface area contributed by atoms with E-state index in [4.69, 9.17) is 9.72 Å². The molecule has 0 atom stereocenters. The molecule has 3 nitrogen and oxygen atoms in total. The number of rotatable bonds is 7. The van der Waals surface area contributed by atoms with E-state index >= 15 is 0 Å². The molecule has 0 radical (unpaired) electrons. The van der Waals surface area contributed by atoms with Gasteiger partial charge < -0.3 is 9.30 Å². The van der Waals surface area contributed by atoms with Gasteiger partial charge in [0.15, 0.2) is 5.16 Å². The molecule has 0 N–H and O–H groups in total. The summed E-state index contributed by atoms with van der Waals surface area (Å²) in [5.41, 5.74) is 3.51. The van der Waals surface area contributed by atoms with Crippen molar-refractivity contribution < 1.29 is 4.74 Å². The number of fused-ring (bicyclic) bond motifs is 1. The van der Waals surface area contributed by atoms with Gasteiger partial charge in [-0.05, 0) is 43.2 Å². The third-order valence-corrected chi connectivity index (χ3v) is 4.58. The fourth-order valence-corrected chi connectivity index (χ4v) is 3.46. The number of nitrogens with zero attached hydrogens (tertiary/aromatic N) is 2. The Hall–Kier alpha value is -1.94. The summed E-state index contributed by atoms with van der Waals surface area (Å²) in [4.78, 5) is 4.76. The molecule has 120 valence electrons. The maximum Gasteiger partial charge on any atom is 0.169 e. The van der Waals surface area contributed by atoms with Crippen LogP contribution >= 0.6 is 11.8 Å². The normalized spacial score (nSPS) is 11.0. The van der Waals surface area contributed by atoms with Gasteiger partial charge in [-0.15, -0.1) is 0 Å². The third-order valence-electron chi connectivity index (χ3n) is 3.64. The molecule has 0 spiro atoms. The minimum Gasteiger partial charge on any atom is -0.493 e. The summed E-state index contributed by atoms with van der Waals surface area (Å²) in [5.74, 6) is 1.83. The molecule has 2 aromatic carbocycles. The third kappa shape index (κ3) is 3.88. The van der Waals surface area contributed by atoms with Crippen LogP contribution in [0.3, 0.4) is 0 Å². The van der Waals surface area contributed by atoms with Crippen molar-refractivity contribution in [1.29, 1.82) is 0 Å². The second-order valence-corrected chi connectivity index (χ2v) is 6.61. The Morgan fingerprint density at radius 1 is 1.13 bits per heavy atom. The fraction of sp³-hybridized carbons (Fsp3) is 0.316. The van der Waals surface area contributed by atoms with Crippen LogP contribution in [-0.4, -0.2) is 21.9 Å². The molecule has 0 aliphatic carbocycles. The Kier molecular flexibility index (Phi) is 5.23. The molecule has 3 aromatic rings. The molecule has 3 rings (SSSR count). The van der Waals surface area contributed by atoms with Gasteiger partial charge in [-0.2, -0.15) is 0 Å². The minimum absolute atomic E-state index is 0.684. The van der Waals surface area contributed by atoms with Gasteiger partial charge in [0.25, 0.3) is 0 Å². The van der Waals surface area contributed by atoms with E-state index in [-0.39, 0.29) is 0 Å². The zero-order chi connectivity index (χ0) is 16.1. The van der Waals surface area contributed by atoms with Gasteiger partial charge in [-0.1, -0.05) is 43.0 Å². The molecular weight excluding hydrogens is 304 g/mol. The van der Waals surface area contributed by atoms with Gasteiger partial charge in [-0.3, -0.25) is 0 Å². The molecule has 23 heavy (non-hydrogen) atoms. The Bertz CT molecular complexity index is 782. The molecule has 1 aromatic heterocycles. The molecular formula is C19H22N2OS. The van der Waals surface area contributed by atoms with Crippen LogP contribution in [0.15, 0.2) is 53.7 Å². The van der Waals surface area contributed by atoms with Crippen molar-refractivity contribution in [2.45, 2.75) is 32.0 Å². The lowest BCUT2D eigenvalue weighted by Gasteiger charge is -2.08. The van der Waals surface area contributed by atoms with Gasteiger partial charge in [0.2, 0.25) is 0 Å². The number of ether oxygens (including phenoxy) is 1. The van der Waals surface area contributed by atoms with Crippen molar-refractivity contribution in [2.75, 3.05) is 12.4 Å². The van der Waals surface area contributed by atoms with E-state index in [1.807, 2.05) is 18.2 Å². The van der Waals surface area contributed by atoms with Crippen molar-refractivity contribution in [3.8, 4) is 5.75 Å². The highest BCUT2D eigenvalue weighted by atomic mass is 32.2.